The van der Waals surface area contributed by atoms with Crippen molar-refractivity contribution < 1.29 is 14.6 Å². The van der Waals surface area contributed by atoms with E-state index in [1.165, 1.54) is 0 Å². The summed E-state index contributed by atoms with van der Waals surface area (Å²) in [7, 11) is 0. The molecule has 0 bridgehead atoms. The molecule has 5 nitrogen and oxygen atoms in total. The van der Waals surface area contributed by atoms with Crippen molar-refractivity contribution in [3.05, 3.63) is 17.5 Å². The maximum absolute atomic E-state index is 11.3. The van der Waals surface area contributed by atoms with Gasteiger partial charge in [0.15, 0.2) is 5.69 Å². The van der Waals surface area contributed by atoms with Gasteiger partial charge < -0.3 is 9.84 Å². The molecule has 0 aromatic carbocycles. The second-order valence-electron chi connectivity index (χ2n) is 3.82. The zero-order valence-corrected chi connectivity index (χ0v) is 9.69. The largest absolute Gasteiger partial charge is 0.461 e. The van der Waals surface area contributed by atoms with E-state index in [1.807, 2.05) is 6.92 Å². The van der Waals surface area contributed by atoms with Crippen LogP contribution in [0.5, 0.6) is 0 Å². The van der Waals surface area contributed by atoms with Crippen molar-refractivity contribution in [1.29, 1.82) is 0 Å². The first-order chi connectivity index (χ1) is 7.67. The van der Waals surface area contributed by atoms with Crippen molar-refractivity contribution in [2.75, 3.05) is 13.2 Å². The van der Waals surface area contributed by atoms with Crippen molar-refractivity contribution in [3.63, 3.8) is 0 Å². The van der Waals surface area contributed by atoms with Crippen molar-refractivity contribution in [1.82, 2.24) is 10.2 Å². The monoisotopic (exact) mass is 226 g/mol. The first kappa shape index (κ1) is 12.7. The summed E-state index contributed by atoms with van der Waals surface area (Å²) in [4.78, 5) is 11.3. The molecule has 0 radical (unpaired) electrons. The number of aliphatic hydroxyl groups excluding tert-OH is 1. The number of aliphatic hydroxyl groups is 1. The maximum atomic E-state index is 11.3. The molecule has 0 saturated carbocycles. The van der Waals surface area contributed by atoms with Gasteiger partial charge in [0.05, 0.1) is 6.61 Å². The van der Waals surface area contributed by atoms with Gasteiger partial charge in [-0.1, -0.05) is 6.92 Å². The fourth-order valence-electron chi connectivity index (χ4n) is 1.47. The van der Waals surface area contributed by atoms with Gasteiger partial charge in [-0.25, -0.2) is 4.79 Å². The number of rotatable bonds is 6. The third-order valence-electron chi connectivity index (χ3n) is 2.31. The predicted octanol–water partition coefficient (Wildman–Crippen LogP) is 1.15. The van der Waals surface area contributed by atoms with Crippen LogP contribution in [-0.4, -0.2) is 34.5 Å². The minimum atomic E-state index is -0.403. The Morgan fingerprint density at radius 3 is 3.06 bits per heavy atom. The summed E-state index contributed by atoms with van der Waals surface area (Å²) in [6.07, 6.45) is 1.51. The fraction of sp³-hybridized carbons (Fsp3) is 0.636. The third kappa shape index (κ3) is 3.66. The quantitative estimate of drug-likeness (QED) is 0.713. The van der Waals surface area contributed by atoms with Crippen LogP contribution >= 0.6 is 0 Å². The van der Waals surface area contributed by atoms with E-state index in [0.29, 0.717) is 18.2 Å². The minimum absolute atomic E-state index is 0.181. The predicted molar refractivity (Wildman–Crippen MR) is 59.1 cm³/mol. The molecule has 1 atom stereocenters. The lowest BCUT2D eigenvalue weighted by Crippen LogP contribution is -2.04. The number of carbonyl (C=O) groups excluding carboxylic acids is 1. The molecule has 0 saturated heterocycles. The Morgan fingerprint density at radius 1 is 1.69 bits per heavy atom. The van der Waals surface area contributed by atoms with Gasteiger partial charge in [0.25, 0.3) is 0 Å². The number of H-pyrrole nitrogens is 1. The van der Waals surface area contributed by atoms with Gasteiger partial charge in [0.2, 0.25) is 0 Å². The third-order valence-corrected chi connectivity index (χ3v) is 2.31. The number of aromatic nitrogens is 2. The van der Waals surface area contributed by atoms with Crippen LogP contribution in [0.25, 0.3) is 0 Å². The summed E-state index contributed by atoms with van der Waals surface area (Å²) in [6.45, 7) is 4.33. The number of esters is 1. The number of hydrogen-bond donors (Lipinski definition) is 2. The van der Waals surface area contributed by atoms with E-state index in [2.05, 4.69) is 10.2 Å². The van der Waals surface area contributed by atoms with Gasteiger partial charge in [-0.15, -0.1) is 0 Å². The lowest BCUT2D eigenvalue weighted by molar-refractivity contribution is 0.0519. The summed E-state index contributed by atoms with van der Waals surface area (Å²) >= 11 is 0. The van der Waals surface area contributed by atoms with Crippen molar-refractivity contribution >= 4 is 5.97 Å². The van der Waals surface area contributed by atoms with Gasteiger partial charge in [0.1, 0.15) is 0 Å². The smallest absolute Gasteiger partial charge is 0.358 e. The number of nitrogens with one attached hydrogen (secondary N) is 1. The number of ether oxygens (including phenoxy) is 1. The minimum Gasteiger partial charge on any atom is -0.461 e. The first-order valence-corrected chi connectivity index (χ1v) is 5.49. The Balaban J connectivity index is 2.54. The molecule has 0 aliphatic heterocycles. The van der Waals surface area contributed by atoms with Crippen LogP contribution < -0.4 is 0 Å². The molecule has 1 heterocycles. The summed E-state index contributed by atoms with van der Waals surface area (Å²) in [5.74, 6) is -0.0414. The molecular formula is C11H18N2O3. The molecule has 1 aromatic heterocycles. The zero-order valence-electron chi connectivity index (χ0n) is 9.69. The summed E-state index contributed by atoms with van der Waals surface area (Å²) in [5.41, 5.74) is 1.21. The molecule has 1 rings (SSSR count). The van der Waals surface area contributed by atoms with E-state index in [9.17, 15) is 4.79 Å². The normalized spacial score (nSPS) is 12.4. The zero-order chi connectivity index (χ0) is 12.0. The fourth-order valence-corrected chi connectivity index (χ4v) is 1.47. The highest BCUT2D eigenvalue weighted by molar-refractivity contribution is 5.87. The van der Waals surface area contributed by atoms with Crippen LogP contribution in [-0.2, 0) is 11.2 Å². The SMILES string of the molecule is CCOC(=O)c1cc(CC(C)CCO)[nH]n1. The number of nitrogens with zero attached hydrogens (tertiary/aromatic N) is 1. The highest BCUT2D eigenvalue weighted by Gasteiger charge is 2.12. The standard InChI is InChI=1S/C11H18N2O3/c1-3-16-11(15)10-7-9(12-13-10)6-8(2)4-5-14/h7-8,14H,3-6H2,1-2H3,(H,12,13). The average molecular weight is 226 g/mol. The maximum Gasteiger partial charge on any atom is 0.358 e. The van der Waals surface area contributed by atoms with Crippen molar-refractivity contribution in [2.45, 2.75) is 26.7 Å². The molecule has 16 heavy (non-hydrogen) atoms. The summed E-state index contributed by atoms with van der Waals surface area (Å²) in [5, 5.41) is 15.5. The second-order valence-corrected chi connectivity index (χ2v) is 3.82. The Morgan fingerprint density at radius 2 is 2.44 bits per heavy atom. The lowest BCUT2D eigenvalue weighted by atomic mass is 10.0. The Hall–Kier alpha value is -1.36. The van der Waals surface area contributed by atoms with E-state index >= 15 is 0 Å². The Kier molecular flexibility index (Phi) is 4.98. The molecule has 90 valence electrons. The van der Waals surface area contributed by atoms with Gasteiger partial charge >= 0.3 is 5.97 Å². The van der Waals surface area contributed by atoms with E-state index < -0.39 is 5.97 Å². The summed E-state index contributed by atoms with van der Waals surface area (Å²) in [6, 6.07) is 1.70. The van der Waals surface area contributed by atoms with Crippen LogP contribution in [0.2, 0.25) is 0 Å². The van der Waals surface area contributed by atoms with Crippen molar-refractivity contribution in [2.24, 2.45) is 5.92 Å². The molecule has 1 aromatic rings. The summed E-state index contributed by atoms with van der Waals surface area (Å²) < 4.78 is 4.83. The van der Waals surface area contributed by atoms with E-state index in [-0.39, 0.29) is 6.61 Å². The number of aromatic amines is 1. The second kappa shape index (κ2) is 6.27. The molecule has 0 amide bonds. The average Bonchev–Trinajstić information content (AvgIpc) is 2.67. The molecule has 0 aliphatic rings. The molecular weight excluding hydrogens is 208 g/mol. The highest BCUT2D eigenvalue weighted by Crippen LogP contribution is 2.10. The Bertz CT molecular complexity index is 336. The number of carbonyl (C=O) groups is 1. The van der Waals surface area contributed by atoms with Crippen LogP contribution in [0.3, 0.4) is 0 Å². The molecule has 5 heteroatoms. The molecule has 0 spiro atoms. The first-order valence-electron chi connectivity index (χ1n) is 5.49. The van der Waals surface area contributed by atoms with Gasteiger partial charge in [-0.05, 0) is 31.7 Å². The lowest BCUT2D eigenvalue weighted by Gasteiger charge is -2.06. The topological polar surface area (TPSA) is 75.2 Å². The Labute approximate surface area is 94.8 Å². The van der Waals surface area contributed by atoms with Gasteiger partial charge in [0, 0.05) is 12.3 Å². The molecule has 2 N–H and O–H groups in total. The van der Waals surface area contributed by atoms with E-state index in [1.54, 1.807) is 13.0 Å². The van der Waals surface area contributed by atoms with Crippen LogP contribution in [0.1, 0.15) is 36.5 Å². The van der Waals surface area contributed by atoms with Crippen LogP contribution in [0, 0.1) is 5.92 Å². The van der Waals surface area contributed by atoms with E-state index in [4.69, 9.17) is 9.84 Å². The van der Waals surface area contributed by atoms with Crippen molar-refractivity contribution in [3.8, 4) is 0 Å². The van der Waals surface area contributed by atoms with Crippen LogP contribution in [0.4, 0.5) is 0 Å². The van der Waals surface area contributed by atoms with Gasteiger partial charge in [-0.2, -0.15) is 5.10 Å². The molecule has 1 unspecified atom stereocenters. The highest BCUT2D eigenvalue weighted by atomic mass is 16.5. The van der Waals surface area contributed by atoms with Crippen LogP contribution in [0.15, 0.2) is 6.07 Å². The van der Waals surface area contributed by atoms with E-state index in [0.717, 1.165) is 18.5 Å². The molecule has 0 aliphatic carbocycles. The molecule has 0 fully saturated rings. The van der Waals surface area contributed by atoms with Gasteiger partial charge in [-0.3, -0.25) is 5.10 Å². The number of hydrogen-bond acceptors (Lipinski definition) is 4.